The second-order valence-corrected chi connectivity index (χ2v) is 9.32. The van der Waals surface area contributed by atoms with E-state index in [0.29, 0.717) is 17.8 Å². The van der Waals surface area contributed by atoms with Crippen LogP contribution in [0, 0.1) is 11.3 Å². The molecule has 0 atom stereocenters. The molecule has 2 aliphatic heterocycles. The van der Waals surface area contributed by atoms with Crippen LogP contribution >= 0.6 is 0 Å². The second-order valence-electron chi connectivity index (χ2n) is 9.32. The third-order valence-corrected chi connectivity index (χ3v) is 5.69. The third kappa shape index (κ3) is 5.55. The molecule has 32 heavy (non-hydrogen) atoms. The summed E-state index contributed by atoms with van der Waals surface area (Å²) < 4.78 is 5.81. The van der Waals surface area contributed by atoms with E-state index < -0.39 is 5.60 Å². The van der Waals surface area contributed by atoms with E-state index in [0.717, 1.165) is 36.6 Å². The summed E-state index contributed by atoms with van der Waals surface area (Å²) in [5, 5.41) is 28.6. The fourth-order valence-corrected chi connectivity index (χ4v) is 3.78. The number of nitrogens with zero attached hydrogens (tertiary/aromatic N) is 5. The monoisotopic (exact) mass is 434 g/mol. The second kappa shape index (κ2) is 8.77. The first-order chi connectivity index (χ1) is 15.3. The number of ether oxygens (including phenoxy) is 1. The van der Waals surface area contributed by atoms with Crippen molar-refractivity contribution in [2.45, 2.75) is 37.8 Å². The Labute approximate surface area is 189 Å². The van der Waals surface area contributed by atoms with E-state index in [1.54, 1.807) is 25.1 Å². The van der Waals surface area contributed by atoms with Crippen LogP contribution in [0.1, 0.15) is 32.3 Å². The van der Waals surface area contributed by atoms with Crippen LogP contribution in [0.15, 0.2) is 53.6 Å². The van der Waals surface area contributed by atoms with Crippen LogP contribution in [0.4, 0.5) is 5.82 Å². The number of rotatable bonds is 7. The summed E-state index contributed by atoms with van der Waals surface area (Å²) in [4.78, 5) is 7.09. The highest BCUT2D eigenvalue weighted by Crippen LogP contribution is 2.38. The maximum absolute atomic E-state index is 10.0. The molecule has 1 aromatic heterocycles. The molecule has 2 N–H and O–H groups in total. The minimum absolute atomic E-state index is 0.146. The van der Waals surface area contributed by atoms with Gasteiger partial charge in [-0.15, -0.1) is 0 Å². The largest absolute Gasteiger partial charge is 0.489 e. The minimum Gasteiger partial charge on any atom is -0.489 e. The summed E-state index contributed by atoms with van der Waals surface area (Å²) in [7, 11) is 0. The van der Waals surface area contributed by atoms with Crippen LogP contribution in [-0.2, 0) is 4.74 Å². The summed E-state index contributed by atoms with van der Waals surface area (Å²) in [5.41, 5.74) is 1.57. The normalized spacial score (nSPS) is 20.1. The Morgan fingerprint density at radius 3 is 2.94 bits per heavy atom. The molecule has 1 spiro atoms. The lowest BCUT2D eigenvalue weighted by atomic mass is 10.0. The Kier molecular flexibility index (Phi) is 6.04. The van der Waals surface area contributed by atoms with Gasteiger partial charge in [0.15, 0.2) is 0 Å². The fourth-order valence-electron chi connectivity index (χ4n) is 3.78. The van der Waals surface area contributed by atoms with E-state index in [9.17, 15) is 5.11 Å². The number of piperazine rings is 1. The van der Waals surface area contributed by atoms with Crippen molar-refractivity contribution in [3.8, 4) is 6.07 Å². The number of nitriles is 1. The predicted molar refractivity (Wildman–Crippen MR) is 125 cm³/mol. The molecular formula is C24H30N6O2. The van der Waals surface area contributed by atoms with E-state index in [1.807, 2.05) is 18.3 Å². The van der Waals surface area contributed by atoms with Crippen molar-refractivity contribution in [3.63, 3.8) is 0 Å². The molecule has 1 saturated heterocycles. The highest BCUT2D eigenvalue weighted by atomic mass is 16.5. The molecule has 2 fully saturated rings. The molecule has 1 aromatic rings. The SMILES string of the molecule is C=C(C#N)/C=N\N1C=C(OCC(C)(C)O)C=C(c2ccc(N3CCNC4(CC4)C3)nc2)C1. The molecule has 3 heterocycles. The van der Waals surface area contributed by atoms with E-state index >= 15 is 0 Å². The average Bonchev–Trinajstić information content (AvgIpc) is 3.53. The first-order valence-electron chi connectivity index (χ1n) is 10.9. The number of hydrogen-bond donors (Lipinski definition) is 2. The van der Waals surface area contributed by atoms with Crippen molar-refractivity contribution in [2.24, 2.45) is 5.10 Å². The van der Waals surface area contributed by atoms with Crippen LogP contribution in [0.5, 0.6) is 0 Å². The van der Waals surface area contributed by atoms with E-state index in [4.69, 9.17) is 15.0 Å². The topological polar surface area (TPSA) is 97.0 Å². The van der Waals surface area contributed by atoms with E-state index in [2.05, 4.69) is 34.0 Å². The molecule has 0 radical (unpaired) electrons. The third-order valence-electron chi connectivity index (χ3n) is 5.69. The van der Waals surface area contributed by atoms with Crippen molar-refractivity contribution >= 4 is 17.6 Å². The molecule has 8 nitrogen and oxygen atoms in total. The molecule has 1 aliphatic carbocycles. The van der Waals surface area contributed by atoms with Crippen molar-refractivity contribution in [1.29, 1.82) is 5.26 Å². The average molecular weight is 435 g/mol. The van der Waals surface area contributed by atoms with Gasteiger partial charge in [0.05, 0.1) is 30.1 Å². The number of aliphatic hydroxyl groups is 1. The molecule has 168 valence electrons. The maximum atomic E-state index is 10.0. The molecule has 0 aromatic carbocycles. The van der Waals surface area contributed by atoms with Gasteiger partial charge in [-0.3, -0.25) is 5.01 Å². The van der Waals surface area contributed by atoms with Gasteiger partial charge in [-0.2, -0.15) is 10.4 Å². The number of pyridine rings is 1. The van der Waals surface area contributed by atoms with Crippen LogP contribution in [-0.4, -0.2) is 65.2 Å². The molecule has 3 aliphatic rings. The zero-order chi connectivity index (χ0) is 22.8. The Bertz CT molecular complexity index is 993. The zero-order valence-electron chi connectivity index (χ0n) is 18.7. The molecule has 8 heteroatoms. The van der Waals surface area contributed by atoms with Gasteiger partial charge in [-0.05, 0) is 56.0 Å². The van der Waals surface area contributed by atoms with Gasteiger partial charge in [0, 0.05) is 31.4 Å². The highest BCUT2D eigenvalue weighted by molar-refractivity contribution is 5.82. The van der Waals surface area contributed by atoms with Crippen LogP contribution in [0.2, 0.25) is 0 Å². The maximum Gasteiger partial charge on any atom is 0.137 e. The number of hydrogen-bond acceptors (Lipinski definition) is 8. The summed E-state index contributed by atoms with van der Waals surface area (Å²) >= 11 is 0. The van der Waals surface area contributed by atoms with Gasteiger partial charge in [0.2, 0.25) is 0 Å². The quantitative estimate of drug-likeness (QED) is 0.502. The van der Waals surface area contributed by atoms with Gasteiger partial charge in [0.1, 0.15) is 24.3 Å². The standard InChI is InChI=1S/C24H30N6O2/c1-18(11-25)12-28-30-14-20(10-21(15-30)32-17-23(2,3)31)19-4-5-22(26-13-19)29-9-8-27-24(16-29)6-7-24/h4-5,10,12-13,15,27,31H,1,6-9,14,16-17H2,2-3H3/b28-12-. The number of anilines is 1. The first-order valence-corrected chi connectivity index (χ1v) is 10.9. The lowest BCUT2D eigenvalue weighted by molar-refractivity contribution is 0.00459. The first kappa shape index (κ1) is 22.1. The van der Waals surface area contributed by atoms with Gasteiger partial charge >= 0.3 is 0 Å². The number of allylic oxidation sites excluding steroid dienone is 2. The molecule has 4 rings (SSSR count). The van der Waals surface area contributed by atoms with E-state index in [-0.39, 0.29) is 12.2 Å². The molecule has 0 amide bonds. The number of nitrogens with one attached hydrogen (secondary N) is 1. The van der Waals surface area contributed by atoms with Crippen LogP contribution < -0.4 is 10.2 Å². The lowest BCUT2D eigenvalue weighted by Crippen LogP contribution is -2.52. The van der Waals surface area contributed by atoms with Crippen LogP contribution in [0.25, 0.3) is 5.57 Å². The highest BCUT2D eigenvalue weighted by Gasteiger charge is 2.45. The minimum atomic E-state index is -0.957. The number of aromatic nitrogens is 1. The molecule has 1 saturated carbocycles. The zero-order valence-corrected chi connectivity index (χ0v) is 18.7. The van der Waals surface area contributed by atoms with Gasteiger partial charge in [-0.1, -0.05) is 6.58 Å². The van der Waals surface area contributed by atoms with Crippen LogP contribution in [0.3, 0.4) is 0 Å². The van der Waals surface area contributed by atoms with Crippen molar-refractivity contribution in [1.82, 2.24) is 15.3 Å². The van der Waals surface area contributed by atoms with Gasteiger partial charge < -0.3 is 20.1 Å². The Hall–Kier alpha value is -3.15. The Morgan fingerprint density at radius 2 is 2.28 bits per heavy atom. The summed E-state index contributed by atoms with van der Waals surface area (Å²) in [6.07, 6.45) is 9.47. The Balaban J connectivity index is 1.51. The van der Waals surface area contributed by atoms with Gasteiger partial charge in [-0.25, -0.2) is 4.98 Å². The summed E-state index contributed by atoms with van der Waals surface area (Å²) in [6, 6.07) is 6.10. The smallest absolute Gasteiger partial charge is 0.137 e. The Morgan fingerprint density at radius 1 is 1.47 bits per heavy atom. The lowest BCUT2D eigenvalue weighted by Gasteiger charge is -2.35. The van der Waals surface area contributed by atoms with Crippen molar-refractivity contribution < 1.29 is 9.84 Å². The van der Waals surface area contributed by atoms with Gasteiger partial charge in [0.25, 0.3) is 0 Å². The fraction of sp³-hybridized carbons (Fsp3) is 0.458. The molecular weight excluding hydrogens is 404 g/mol. The molecule has 0 unspecified atom stereocenters. The van der Waals surface area contributed by atoms with Crippen molar-refractivity contribution in [3.05, 3.63) is 54.1 Å². The predicted octanol–water partition coefficient (Wildman–Crippen LogP) is 2.42. The molecule has 0 bridgehead atoms. The summed E-state index contributed by atoms with van der Waals surface area (Å²) in [5.74, 6) is 1.57. The summed E-state index contributed by atoms with van der Waals surface area (Å²) in [6.45, 7) is 10.6. The van der Waals surface area contributed by atoms with Crippen molar-refractivity contribution in [2.75, 3.05) is 37.7 Å². The van der Waals surface area contributed by atoms with E-state index in [1.165, 1.54) is 19.1 Å². The number of hydrazone groups is 1.